The van der Waals surface area contributed by atoms with Gasteiger partial charge in [0, 0.05) is 11.7 Å². The van der Waals surface area contributed by atoms with Crippen LogP contribution in [-0.2, 0) is 6.42 Å². The zero-order chi connectivity index (χ0) is 14.1. The van der Waals surface area contributed by atoms with Crippen molar-refractivity contribution in [3.05, 3.63) is 53.9 Å². The predicted molar refractivity (Wildman–Crippen MR) is 79.7 cm³/mol. The molecule has 0 spiro atoms. The van der Waals surface area contributed by atoms with Crippen molar-refractivity contribution in [1.82, 2.24) is 4.98 Å². The van der Waals surface area contributed by atoms with Crippen molar-refractivity contribution >= 4 is 17.3 Å². The highest BCUT2D eigenvalue weighted by Gasteiger charge is 2.29. The maximum absolute atomic E-state index is 12.7. The van der Waals surface area contributed by atoms with Gasteiger partial charge in [-0.2, -0.15) is 0 Å². The Labute approximate surface area is 118 Å². The molecule has 0 saturated heterocycles. The zero-order valence-electron chi connectivity index (χ0n) is 11.4. The molecule has 0 fully saturated rings. The first kappa shape index (κ1) is 12.7. The molecular weight excluding hydrogens is 250 g/mol. The fourth-order valence-electron chi connectivity index (χ4n) is 2.65. The molecule has 1 aliphatic heterocycles. The summed E-state index contributed by atoms with van der Waals surface area (Å²) in [6.45, 7) is 2.07. The summed E-state index contributed by atoms with van der Waals surface area (Å²) in [5.41, 5.74) is 8.83. The van der Waals surface area contributed by atoms with Crippen LogP contribution in [0.2, 0.25) is 0 Å². The average molecular weight is 267 g/mol. The molecule has 1 unspecified atom stereocenters. The maximum Gasteiger partial charge on any atom is 0.277 e. The summed E-state index contributed by atoms with van der Waals surface area (Å²) in [6.07, 6.45) is 3.50. The second-order valence-corrected chi connectivity index (χ2v) is 5.17. The molecule has 2 heterocycles. The van der Waals surface area contributed by atoms with E-state index in [9.17, 15) is 4.79 Å². The van der Waals surface area contributed by atoms with Crippen molar-refractivity contribution in [3.8, 4) is 0 Å². The minimum atomic E-state index is -0.0651. The van der Waals surface area contributed by atoms with Crippen LogP contribution in [0.4, 0.5) is 11.4 Å². The Bertz CT molecular complexity index is 636. The number of rotatable bonds is 1. The van der Waals surface area contributed by atoms with E-state index in [1.807, 2.05) is 23.1 Å². The van der Waals surface area contributed by atoms with Crippen molar-refractivity contribution in [2.45, 2.75) is 25.8 Å². The largest absolute Gasteiger partial charge is 0.397 e. The minimum absolute atomic E-state index is 0.0651. The van der Waals surface area contributed by atoms with Crippen molar-refractivity contribution in [2.75, 3.05) is 10.6 Å². The summed E-state index contributed by atoms with van der Waals surface area (Å²) in [5, 5.41) is 0. The number of benzene rings is 1. The van der Waals surface area contributed by atoms with Gasteiger partial charge in [-0.05, 0) is 43.5 Å². The lowest BCUT2D eigenvalue weighted by atomic mass is 9.96. The van der Waals surface area contributed by atoms with Crippen LogP contribution in [0.25, 0.3) is 0 Å². The number of fused-ring (bicyclic) bond motifs is 1. The molecule has 0 radical (unpaired) electrons. The third-order valence-electron chi connectivity index (χ3n) is 3.75. The highest BCUT2D eigenvalue weighted by molar-refractivity contribution is 6.06. The van der Waals surface area contributed by atoms with Gasteiger partial charge in [0.15, 0.2) is 0 Å². The first-order valence-corrected chi connectivity index (χ1v) is 6.80. The Balaban J connectivity index is 2.00. The third kappa shape index (κ3) is 2.13. The molecule has 4 nitrogen and oxygen atoms in total. The number of hydrogen-bond acceptors (Lipinski definition) is 3. The van der Waals surface area contributed by atoms with Gasteiger partial charge in [0.05, 0.1) is 11.9 Å². The van der Waals surface area contributed by atoms with Gasteiger partial charge in [-0.25, -0.2) is 4.98 Å². The molecule has 102 valence electrons. The minimum Gasteiger partial charge on any atom is -0.397 e. The molecule has 1 amide bonds. The van der Waals surface area contributed by atoms with Crippen molar-refractivity contribution in [3.63, 3.8) is 0 Å². The monoisotopic (exact) mass is 267 g/mol. The molecule has 1 aromatic heterocycles. The number of nitrogen functional groups attached to an aromatic ring is 1. The number of hydrogen-bond donors (Lipinski definition) is 1. The molecule has 2 aromatic rings. The molecule has 0 bridgehead atoms. The molecule has 4 heteroatoms. The Kier molecular flexibility index (Phi) is 3.14. The van der Waals surface area contributed by atoms with Crippen LogP contribution < -0.4 is 10.6 Å². The molecule has 0 saturated carbocycles. The van der Waals surface area contributed by atoms with Gasteiger partial charge < -0.3 is 10.6 Å². The molecule has 3 rings (SSSR count). The number of nitrogens with two attached hydrogens (primary N) is 1. The van der Waals surface area contributed by atoms with E-state index in [4.69, 9.17) is 5.73 Å². The third-order valence-corrected chi connectivity index (χ3v) is 3.75. The fourth-order valence-corrected chi connectivity index (χ4v) is 2.65. The van der Waals surface area contributed by atoms with E-state index in [2.05, 4.69) is 18.0 Å². The molecule has 1 atom stereocenters. The first-order chi connectivity index (χ1) is 9.66. The molecular formula is C16H17N3O. The van der Waals surface area contributed by atoms with Crippen LogP contribution in [0, 0.1) is 0 Å². The molecule has 1 aromatic carbocycles. The van der Waals surface area contributed by atoms with Crippen LogP contribution in [-0.4, -0.2) is 16.9 Å². The second kappa shape index (κ2) is 4.96. The Morgan fingerprint density at radius 2 is 2.10 bits per heavy atom. The van der Waals surface area contributed by atoms with Gasteiger partial charge >= 0.3 is 0 Å². The number of para-hydroxylation sites is 1. The summed E-state index contributed by atoms with van der Waals surface area (Å²) in [6, 6.07) is 11.6. The SMILES string of the molecule is CC1CCc2ccccc2N1C(=O)c1ccc(N)cn1. The van der Waals surface area contributed by atoms with Crippen molar-refractivity contribution in [1.29, 1.82) is 0 Å². The molecule has 1 aliphatic rings. The van der Waals surface area contributed by atoms with Crippen LogP contribution in [0.15, 0.2) is 42.6 Å². The topological polar surface area (TPSA) is 59.2 Å². The quantitative estimate of drug-likeness (QED) is 0.864. The number of aryl methyl sites for hydroxylation is 1. The Hall–Kier alpha value is -2.36. The van der Waals surface area contributed by atoms with Gasteiger partial charge in [-0.3, -0.25) is 4.79 Å². The number of pyridine rings is 1. The molecule has 20 heavy (non-hydrogen) atoms. The predicted octanol–water partition coefficient (Wildman–Crippen LogP) is 2.65. The van der Waals surface area contributed by atoms with E-state index in [1.54, 1.807) is 12.1 Å². The normalized spacial score (nSPS) is 17.6. The summed E-state index contributed by atoms with van der Waals surface area (Å²) in [4.78, 5) is 18.7. The molecule has 0 aliphatic carbocycles. The lowest BCUT2D eigenvalue weighted by Crippen LogP contribution is -2.42. The molecule has 2 N–H and O–H groups in total. The Morgan fingerprint density at radius 3 is 2.85 bits per heavy atom. The second-order valence-electron chi connectivity index (χ2n) is 5.17. The summed E-state index contributed by atoms with van der Waals surface area (Å²) < 4.78 is 0. The number of carbonyl (C=O) groups is 1. The van der Waals surface area contributed by atoms with E-state index >= 15 is 0 Å². The van der Waals surface area contributed by atoms with Crippen molar-refractivity contribution < 1.29 is 4.79 Å². The lowest BCUT2D eigenvalue weighted by Gasteiger charge is -2.35. The van der Waals surface area contributed by atoms with E-state index in [0.717, 1.165) is 18.5 Å². The van der Waals surface area contributed by atoms with Crippen LogP contribution in [0.1, 0.15) is 29.4 Å². The van der Waals surface area contributed by atoms with Crippen molar-refractivity contribution in [2.24, 2.45) is 0 Å². The van der Waals surface area contributed by atoms with Gasteiger partial charge in [0.1, 0.15) is 5.69 Å². The van der Waals surface area contributed by atoms with Gasteiger partial charge in [0.25, 0.3) is 5.91 Å². The van der Waals surface area contributed by atoms with Gasteiger partial charge in [0.2, 0.25) is 0 Å². The number of carbonyl (C=O) groups excluding carboxylic acids is 1. The van der Waals surface area contributed by atoms with Gasteiger partial charge in [-0.15, -0.1) is 0 Å². The smallest absolute Gasteiger partial charge is 0.277 e. The van der Waals surface area contributed by atoms with E-state index in [-0.39, 0.29) is 11.9 Å². The average Bonchev–Trinajstić information content (AvgIpc) is 2.47. The maximum atomic E-state index is 12.7. The number of nitrogens with zero attached hydrogens (tertiary/aromatic N) is 2. The number of amides is 1. The van der Waals surface area contributed by atoms with Crippen LogP contribution in [0.3, 0.4) is 0 Å². The zero-order valence-corrected chi connectivity index (χ0v) is 11.4. The Morgan fingerprint density at radius 1 is 1.30 bits per heavy atom. The van der Waals surface area contributed by atoms with Crippen LogP contribution >= 0.6 is 0 Å². The number of anilines is 2. The highest BCUT2D eigenvalue weighted by atomic mass is 16.2. The highest BCUT2D eigenvalue weighted by Crippen LogP contribution is 2.31. The van der Waals surface area contributed by atoms with Gasteiger partial charge in [-0.1, -0.05) is 18.2 Å². The number of aromatic nitrogens is 1. The lowest BCUT2D eigenvalue weighted by molar-refractivity contribution is 0.0970. The standard InChI is InChI=1S/C16H17N3O/c1-11-6-7-12-4-2-3-5-15(12)19(11)16(20)14-9-8-13(17)10-18-14/h2-5,8-11H,6-7,17H2,1H3. The van der Waals surface area contributed by atoms with E-state index in [1.165, 1.54) is 11.8 Å². The summed E-state index contributed by atoms with van der Waals surface area (Å²) in [5.74, 6) is -0.0651. The van der Waals surface area contributed by atoms with Crippen LogP contribution in [0.5, 0.6) is 0 Å². The van der Waals surface area contributed by atoms with E-state index < -0.39 is 0 Å². The summed E-state index contributed by atoms with van der Waals surface area (Å²) >= 11 is 0. The van der Waals surface area contributed by atoms with E-state index in [0.29, 0.717) is 11.4 Å². The fraction of sp³-hybridized carbons (Fsp3) is 0.250. The summed E-state index contributed by atoms with van der Waals surface area (Å²) in [7, 11) is 0. The first-order valence-electron chi connectivity index (χ1n) is 6.80.